The van der Waals surface area contributed by atoms with Crippen molar-refractivity contribution in [3.63, 3.8) is 0 Å². The molecule has 0 bridgehead atoms. The second-order valence-electron chi connectivity index (χ2n) is 6.32. The van der Waals surface area contributed by atoms with Crippen LogP contribution in [0.2, 0.25) is 0 Å². The Bertz CT molecular complexity index is 704. The second kappa shape index (κ2) is 6.95. The van der Waals surface area contributed by atoms with Crippen LogP contribution in [0.15, 0.2) is 35.7 Å². The molecule has 2 aliphatic rings. The quantitative estimate of drug-likeness (QED) is 0.853. The average Bonchev–Trinajstić information content (AvgIpc) is 3.30. The van der Waals surface area contributed by atoms with E-state index in [1.807, 2.05) is 29.2 Å². The standard InChI is InChI=1S/C19H21NO3S/c21-19(20-9-7-18-15(12-20)8-11-24-18)14-3-5-16(6-4-14)23-13-17-2-1-10-22-17/h3-6,8,11,17H,1-2,7,9-10,12-13H2/t17-/m1/s1. The highest BCUT2D eigenvalue weighted by atomic mass is 32.1. The van der Waals surface area contributed by atoms with Gasteiger partial charge in [0.1, 0.15) is 12.4 Å². The third-order valence-corrected chi connectivity index (χ3v) is 5.68. The van der Waals surface area contributed by atoms with E-state index in [1.165, 1.54) is 10.4 Å². The van der Waals surface area contributed by atoms with E-state index in [9.17, 15) is 4.79 Å². The van der Waals surface area contributed by atoms with E-state index in [0.717, 1.165) is 50.3 Å². The third kappa shape index (κ3) is 3.32. The highest BCUT2D eigenvalue weighted by Gasteiger charge is 2.22. The number of hydrogen-bond donors (Lipinski definition) is 0. The zero-order valence-electron chi connectivity index (χ0n) is 13.6. The first-order valence-corrected chi connectivity index (χ1v) is 9.36. The summed E-state index contributed by atoms with van der Waals surface area (Å²) < 4.78 is 11.3. The van der Waals surface area contributed by atoms with Gasteiger partial charge in [-0.1, -0.05) is 0 Å². The maximum atomic E-state index is 12.7. The number of rotatable bonds is 4. The summed E-state index contributed by atoms with van der Waals surface area (Å²) in [7, 11) is 0. The van der Waals surface area contributed by atoms with Crippen molar-refractivity contribution >= 4 is 17.2 Å². The van der Waals surface area contributed by atoms with Gasteiger partial charge in [0, 0.05) is 30.1 Å². The van der Waals surface area contributed by atoms with E-state index < -0.39 is 0 Å². The van der Waals surface area contributed by atoms with Crippen LogP contribution in [0.3, 0.4) is 0 Å². The SMILES string of the molecule is O=C(c1ccc(OC[C@H]2CCCO2)cc1)N1CCc2sccc2C1. The van der Waals surface area contributed by atoms with Crippen LogP contribution >= 0.6 is 11.3 Å². The molecule has 2 aromatic rings. The molecule has 24 heavy (non-hydrogen) atoms. The minimum absolute atomic E-state index is 0.0949. The molecule has 0 radical (unpaired) electrons. The number of benzene rings is 1. The Labute approximate surface area is 146 Å². The molecule has 3 heterocycles. The topological polar surface area (TPSA) is 38.8 Å². The van der Waals surface area contributed by atoms with Crippen LogP contribution in [0, 0.1) is 0 Å². The third-order valence-electron chi connectivity index (χ3n) is 4.66. The first-order chi connectivity index (χ1) is 11.8. The Morgan fingerprint density at radius 2 is 2.17 bits per heavy atom. The van der Waals surface area contributed by atoms with Crippen molar-refractivity contribution in [3.05, 3.63) is 51.7 Å². The Kier molecular flexibility index (Phi) is 4.54. The summed E-state index contributed by atoms with van der Waals surface area (Å²) in [4.78, 5) is 16.0. The monoisotopic (exact) mass is 343 g/mol. The predicted molar refractivity (Wildman–Crippen MR) is 93.7 cm³/mol. The molecular formula is C19H21NO3S. The van der Waals surface area contributed by atoms with E-state index in [4.69, 9.17) is 9.47 Å². The van der Waals surface area contributed by atoms with Crippen LogP contribution in [0.1, 0.15) is 33.6 Å². The molecule has 4 rings (SSSR count). The van der Waals surface area contributed by atoms with Gasteiger partial charge < -0.3 is 14.4 Å². The van der Waals surface area contributed by atoms with Crippen molar-refractivity contribution in [2.75, 3.05) is 19.8 Å². The summed E-state index contributed by atoms with van der Waals surface area (Å²) in [5, 5.41) is 2.11. The maximum absolute atomic E-state index is 12.7. The summed E-state index contributed by atoms with van der Waals surface area (Å²) in [6, 6.07) is 9.60. The molecule has 5 heteroatoms. The molecule has 1 amide bonds. The van der Waals surface area contributed by atoms with Gasteiger partial charge in [0.25, 0.3) is 5.91 Å². The van der Waals surface area contributed by atoms with Gasteiger partial charge >= 0.3 is 0 Å². The molecule has 1 fully saturated rings. The van der Waals surface area contributed by atoms with Crippen molar-refractivity contribution in [1.29, 1.82) is 0 Å². The zero-order valence-corrected chi connectivity index (χ0v) is 14.4. The number of thiophene rings is 1. The lowest BCUT2D eigenvalue weighted by atomic mass is 10.1. The molecule has 126 valence electrons. The molecule has 0 N–H and O–H groups in total. The number of nitrogens with zero attached hydrogens (tertiary/aromatic N) is 1. The summed E-state index contributed by atoms with van der Waals surface area (Å²) >= 11 is 1.79. The summed E-state index contributed by atoms with van der Waals surface area (Å²) in [6.45, 7) is 2.93. The Morgan fingerprint density at radius 3 is 2.96 bits per heavy atom. The van der Waals surface area contributed by atoms with Gasteiger partial charge in [-0.2, -0.15) is 0 Å². The minimum Gasteiger partial charge on any atom is -0.491 e. The van der Waals surface area contributed by atoms with Crippen molar-refractivity contribution in [2.24, 2.45) is 0 Å². The zero-order chi connectivity index (χ0) is 16.4. The van der Waals surface area contributed by atoms with E-state index >= 15 is 0 Å². The van der Waals surface area contributed by atoms with E-state index in [0.29, 0.717) is 6.61 Å². The highest BCUT2D eigenvalue weighted by Crippen LogP contribution is 2.25. The van der Waals surface area contributed by atoms with Gasteiger partial charge in [-0.05, 0) is 60.5 Å². The molecule has 4 nitrogen and oxygen atoms in total. The Balaban J connectivity index is 1.36. The fourth-order valence-electron chi connectivity index (χ4n) is 3.26. The molecule has 1 aromatic heterocycles. The molecule has 0 spiro atoms. The molecular weight excluding hydrogens is 322 g/mol. The van der Waals surface area contributed by atoms with Crippen molar-refractivity contribution in [2.45, 2.75) is 31.9 Å². The number of ether oxygens (including phenoxy) is 2. The molecule has 1 saturated heterocycles. The lowest BCUT2D eigenvalue weighted by molar-refractivity contribution is 0.0678. The van der Waals surface area contributed by atoms with Gasteiger partial charge in [-0.3, -0.25) is 4.79 Å². The largest absolute Gasteiger partial charge is 0.491 e. The highest BCUT2D eigenvalue weighted by molar-refractivity contribution is 7.10. The van der Waals surface area contributed by atoms with Gasteiger partial charge in [0.05, 0.1) is 6.10 Å². The number of fused-ring (bicyclic) bond motifs is 1. The van der Waals surface area contributed by atoms with Crippen LogP contribution < -0.4 is 4.74 Å². The fourth-order valence-corrected chi connectivity index (χ4v) is 4.15. The molecule has 0 aliphatic carbocycles. The molecule has 0 saturated carbocycles. The number of hydrogen-bond acceptors (Lipinski definition) is 4. The van der Waals surface area contributed by atoms with Crippen LogP contribution in [-0.2, 0) is 17.7 Å². The normalized spacial score (nSPS) is 20.0. The first-order valence-electron chi connectivity index (χ1n) is 8.48. The number of carbonyl (C=O) groups excluding carboxylic acids is 1. The van der Waals surface area contributed by atoms with Gasteiger partial charge in [0.15, 0.2) is 0 Å². The summed E-state index contributed by atoms with van der Waals surface area (Å²) in [5.41, 5.74) is 2.01. The van der Waals surface area contributed by atoms with Crippen LogP contribution in [0.4, 0.5) is 0 Å². The molecule has 1 atom stereocenters. The van der Waals surface area contributed by atoms with Crippen LogP contribution in [-0.4, -0.2) is 36.7 Å². The average molecular weight is 343 g/mol. The summed E-state index contributed by atoms with van der Waals surface area (Å²) in [5.74, 6) is 0.887. The number of carbonyl (C=O) groups is 1. The molecule has 1 aromatic carbocycles. The van der Waals surface area contributed by atoms with Crippen LogP contribution in [0.5, 0.6) is 5.75 Å². The molecule has 2 aliphatic heterocycles. The van der Waals surface area contributed by atoms with Gasteiger partial charge in [0.2, 0.25) is 0 Å². The fraction of sp³-hybridized carbons (Fsp3) is 0.421. The minimum atomic E-state index is 0.0949. The maximum Gasteiger partial charge on any atom is 0.254 e. The van der Waals surface area contributed by atoms with Gasteiger partial charge in [-0.25, -0.2) is 0 Å². The lowest BCUT2D eigenvalue weighted by Crippen LogP contribution is -2.35. The number of amides is 1. The van der Waals surface area contributed by atoms with E-state index in [1.54, 1.807) is 11.3 Å². The second-order valence-corrected chi connectivity index (χ2v) is 7.32. The molecule has 0 unspecified atom stereocenters. The smallest absolute Gasteiger partial charge is 0.254 e. The lowest BCUT2D eigenvalue weighted by Gasteiger charge is -2.27. The van der Waals surface area contributed by atoms with E-state index in [2.05, 4.69) is 11.4 Å². The van der Waals surface area contributed by atoms with Gasteiger partial charge in [-0.15, -0.1) is 11.3 Å². The summed E-state index contributed by atoms with van der Waals surface area (Å²) in [6.07, 6.45) is 3.35. The van der Waals surface area contributed by atoms with Crippen molar-refractivity contribution < 1.29 is 14.3 Å². The van der Waals surface area contributed by atoms with E-state index in [-0.39, 0.29) is 12.0 Å². The van der Waals surface area contributed by atoms with Crippen LogP contribution in [0.25, 0.3) is 0 Å². The van der Waals surface area contributed by atoms with Crippen molar-refractivity contribution in [3.8, 4) is 5.75 Å². The Hall–Kier alpha value is -1.85. The Morgan fingerprint density at radius 1 is 1.29 bits per heavy atom. The first kappa shape index (κ1) is 15.7. The van der Waals surface area contributed by atoms with Crippen molar-refractivity contribution in [1.82, 2.24) is 4.90 Å². The predicted octanol–water partition coefficient (Wildman–Crippen LogP) is 3.50.